The standard InChI is InChI=1S/C63H119NO5/c1-3-5-7-9-11-13-15-17-18-19-26-29-33-37-41-45-49-53-57-63(68)69-58-54-50-46-42-38-34-30-27-24-22-20-21-23-25-28-32-36-40-44-48-52-56-62(67)64-60(59-65)61(66)55-51-47-43-39-35-31-16-14-12-10-8-6-4-2/h34,38,46,50-51,55,60-61,65-66H,3-33,35-37,39-45,47-49,52-54,56-59H2,1-2H3,(H,64,67)/b38-34-,50-46-,55-51+. The number of aliphatic hydroxyl groups excluding tert-OH is 2. The first-order valence-corrected chi connectivity index (χ1v) is 30.8. The zero-order chi connectivity index (χ0) is 50.0. The summed E-state index contributed by atoms with van der Waals surface area (Å²) in [4.78, 5) is 24.5. The molecule has 0 radical (unpaired) electrons. The van der Waals surface area contributed by atoms with E-state index in [1.165, 1.54) is 250 Å². The maximum Gasteiger partial charge on any atom is 0.305 e. The molecule has 0 fully saturated rings. The van der Waals surface area contributed by atoms with E-state index < -0.39 is 12.1 Å². The highest BCUT2D eigenvalue weighted by Gasteiger charge is 2.18. The molecule has 6 nitrogen and oxygen atoms in total. The van der Waals surface area contributed by atoms with Crippen LogP contribution in [-0.4, -0.2) is 47.4 Å². The predicted molar refractivity (Wildman–Crippen MR) is 301 cm³/mol. The van der Waals surface area contributed by atoms with E-state index in [1.54, 1.807) is 6.08 Å². The quantitative estimate of drug-likeness (QED) is 0.0321. The normalized spacial score (nSPS) is 12.8. The molecule has 0 aromatic carbocycles. The van der Waals surface area contributed by atoms with Gasteiger partial charge in [0.1, 0.15) is 0 Å². The van der Waals surface area contributed by atoms with Crippen LogP contribution in [0.15, 0.2) is 36.5 Å². The zero-order valence-electron chi connectivity index (χ0n) is 46.3. The Morgan fingerprint density at radius 1 is 0.406 bits per heavy atom. The van der Waals surface area contributed by atoms with Crippen molar-refractivity contribution in [2.75, 3.05) is 13.2 Å². The van der Waals surface area contributed by atoms with Crippen molar-refractivity contribution >= 4 is 11.9 Å². The molecular formula is C63H119NO5. The SMILES string of the molecule is CCCCCCCCCCCCC/C=C/C(O)C(CO)NC(=O)CCCCCCCCCCCCCCCC/C=C\C/C=C\CCOC(=O)CCCCCCCCCCCCCCCCCCCC. The van der Waals surface area contributed by atoms with E-state index >= 15 is 0 Å². The Bertz CT molecular complexity index is 1120. The first-order valence-electron chi connectivity index (χ1n) is 30.8. The summed E-state index contributed by atoms with van der Waals surface area (Å²) < 4.78 is 5.43. The molecule has 406 valence electrons. The molecule has 0 aromatic rings. The van der Waals surface area contributed by atoms with Crippen LogP contribution in [0.1, 0.15) is 328 Å². The fourth-order valence-electron chi connectivity index (χ4n) is 9.47. The molecule has 2 unspecified atom stereocenters. The summed E-state index contributed by atoms with van der Waals surface area (Å²) in [7, 11) is 0. The molecule has 0 saturated carbocycles. The third kappa shape index (κ3) is 55.2. The summed E-state index contributed by atoms with van der Waals surface area (Å²) in [5.41, 5.74) is 0. The number of amides is 1. The summed E-state index contributed by atoms with van der Waals surface area (Å²) in [6, 6.07) is -0.631. The highest BCUT2D eigenvalue weighted by molar-refractivity contribution is 5.76. The van der Waals surface area contributed by atoms with Gasteiger partial charge >= 0.3 is 5.97 Å². The minimum atomic E-state index is -0.847. The fourth-order valence-corrected chi connectivity index (χ4v) is 9.47. The second kappa shape index (κ2) is 58.6. The Labute approximate surface area is 430 Å². The minimum absolute atomic E-state index is 0.0315. The van der Waals surface area contributed by atoms with E-state index in [0.29, 0.717) is 19.4 Å². The van der Waals surface area contributed by atoms with Gasteiger partial charge in [-0.15, -0.1) is 0 Å². The van der Waals surface area contributed by atoms with Gasteiger partial charge in [-0.25, -0.2) is 0 Å². The van der Waals surface area contributed by atoms with E-state index in [1.807, 2.05) is 6.08 Å². The van der Waals surface area contributed by atoms with E-state index in [9.17, 15) is 19.8 Å². The van der Waals surface area contributed by atoms with Gasteiger partial charge in [0, 0.05) is 12.8 Å². The first kappa shape index (κ1) is 67.1. The Kier molecular flexibility index (Phi) is 57.0. The second-order valence-electron chi connectivity index (χ2n) is 21.0. The third-order valence-corrected chi connectivity index (χ3v) is 14.2. The van der Waals surface area contributed by atoms with Crippen LogP contribution in [0.3, 0.4) is 0 Å². The Balaban J connectivity index is 3.45. The maximum atomic E-state index is 12.4. The van der Waals surface area contributed by atoms with Crippen molar-refractivity contribution in [2.24, 2.45) is 0 Å². The summed E-state index contributed by atoms with van der Waals surface area (Å²) in [5, 5.41) is 23.1. The molecule has 0 aliphatic rings. The largest absolute Gasteiger partial charge is 0.465 e. The average molecular weight is 971 g/mol. The molecule has 2 atom stereocenters. The molecule has 0 heterocycles. The summed E-state index contributed by atoms with van der Waals surface area (Å²) >= 11 is 0. The molecule has 3 N–H and O–H groups in total. The Hall–Kier alpha value is -1.92. The van der Waals surface area contributed by atoms with Crippen LogP contribution < -0.4 is 5.32 Å². The number of carbonyl (C=O) groups excluding carboxylic acids is 2. The lowest BCUT2D eigenvalue weighted by atomic mass is 10.0. The number of esters is 1. The van der Waals surface area contributed by atoms with Crippen LogP contribution in [0.5, 0.6) is 0 Å². The molecule has 1 amide bonds. The number of hydrogen-bond donors (Lipinski definition) is 3. The average Bonchev–Trinajstić information content (AvgIpc) is 3.35. The van der Waals surface area contributed by atoms with Crippen LogP contribution in [0.2, 0.25) is 0 Å². The lowest BCUT2D eigenvalue weighted by Gasteiger charge is -2.20. The highest BCUT2D eigenvalue weighted by Crippen LogP contribution is 2.17. The van der Waals surface area contributed by atoms with Gasteiger partial charge in [0.2, 0.25) is 5.91 Å². The van der Waals surface area contributed by atoms with Crippen LogP contribution >= 0.6 is 0 Å². The van der Waals surface area contributed by atoms with Gasteiger partial charge < -0.3 is 20.3 Å². The molecule has 0 spiro atoms. The van der Waals surface area contributed by atoms with E-state index in [2.05, 4.69) is 43.5 Å². The molecule has 69 heavy (non-hydrogen) atoms. The fraction of sp³-hybridized carbons (Fsp3) is 0.873. The number of carbonyl (C=O) groups is 2. The van der Waals surface area contributed by atoms with Gasteiger partial charge in [-0.1, -0.05) is 301 Å². The number of allylic oxidation sites excluding steroid dienone is 4. The molecule has 0 aliphatic carbocycles. The van der Waals surface area contributed by atoms with Crippen molar-refractivity contribution in [1.82, 2.24) is 5.32 Å². The van der Waals surface area contributed by atoms with Crippen molar-refractivity contribution in [3.05, 3.63) is 36.5 Å². The van der Waals surface area contributed by atoms with E-state index in [0.717, 1.165) is 51.4 Å². The minimum Gasteiger partial charge on any atom is -0.465 e. The van der Waals surface area contributed by atoms with Crippen LogP contribution in [-0.2, 0) is 14.3 Å². The van der Waals surface area contributed by atoms with Gasteiger partial charge in [-0.3, -0.25) is 9.59 Å². The molecule has 0 aliphatic heterocycles. The highest BCUT2D eigenvalue weighted by atomic mass is 16.5. The monoisotopic (exact) mass is 970 g/mol. The van der Waals surface area contributed by atoms with Crippen LogP contribution in [0.4, 0.5) is 0 Å². The van der Waals surface area contributed by atoms with Crippen LogP contribution in [0, 0.1) is 0 Å². The van der Waals surface area contributed by atoms with Crippen molar-refractivity contribution < 1.29 is 24.5 Å². The van der Waals surface area contributed by atoms with Gasteiger partial charge in [0.05, 0.1) is 25.4 Å². The maximum absolute atomic E-state index is 12.4. The first-order chi connectivity index (χ1) is 34.0. The zero-order valence-corrected chi connectivity index (χ0v) is 46.3. The molecular weight excluding hydrogens is 851 g/mol. The number of ether oxygens (including phenoxy) is 1. The van der Waals surface area contributed by atoms with Gasteiger partial charge in [0.25, 0.3) is 0 Å². The summed E-state index contributed by atoms with van der Waals surface area (Å²) in [6.07, 6.45) is 73.4. The summed E-state index contributed by atoms with van der Waals surface area (Å²) in [6.45, 7) is 4.81. The molecule has 0 rings (SSSR count). The number of nitrogens with one attached hydrogen (secondary N) is 1. The smallest absolute Gasteiger partial charge is 0.305 e. The topological polar surface area (TPSA) is 95.9 Å². The Morgan fingerprint density at radius 2 is 0.725 bits per heavy atom. The molecule has 0 saturated heterocycles. The van der Waals surface area contributed by atoms with Crippen molar-refractivity contribution in [2.45, 2.75) is 341 Å². The van der Waals surface area contributed by atoms with Gasteiger partial charge in [-0.05, 0) is 51.4 Å². The number of rotatable bonds is 57. The number of hydrogen-bond acceptors (Lipinski definition) is 5. The van der Waals surface area contributed by atoms with E-state index in [4.69, 9.17) is 4.74 Å². The lowest BCUT2D eigenvalue weighted by Crippen LogP contribution is -2.45. The van der Waals surface area contributed by atoms with E-state index in [-0.39, 0.29) is 18.5 Å². The van der Waals surface area contributed by atoms with Gasteiger partial charge in [-0.2, -0.15) is 0 Å². The third-order valence-electron chi connectivity index (χ3n) is 14.2. The number of unbranched alkanes of at least 4 members (excludes halogenated alkanes) is 42. The van der Waals surface area contributed by atoms with Crippen molar-refractivity contribution in [1.29, 1.82) is 0 Å². The Morgan fingerprint density at radius 3 is 1.10 bits per heavy atom. The molecule has 0 bridgehead atoms. The second-order valence-corrected chi connectivity index (χ2v) is 21.0. The summed E-state index contributed by atoms with van der Waals surface area (Å²) in [5.74, 6) is -0.104. The number of aliphatic hydroxyl groups is 2. The van der Waals surface area contributed by atoms with Crippen molar-refractivity contribution in [3.63, 3.8) is 0 Å². The van der Waals surface area contributed by atoms with Gasteiger partial charge in [0.15, 0.2) is 0 Å². The molecule has 6 heteroatoms. The van der Waals surface area contributed by atoms with Crippen LogP contribution in [0.25, 0.3) is 0 Å². The predicted octanol–water partition coefficient (Wildman–Crippen LogP) is 19.2. The molecule has 0 aromatic heterocycles. The van der Waals surface area contributed by atoms with Crippen molar-refractivity contribution in [3.8, 4) is 0 Å². The lowest BCUT2D eigenvalue weighted by molar-refractivity contribution is -0.143.